The molecule has 140 valence electrons. The van der Waals surface area contributed by atoms with E-state index in [9.17, 15) is 9.90 Å². The van der Waals surface area contributed by atoms with Gasteiger partial charge < -0.3 is 20.1 Å². The van der Waals surface area contributed by atoms with Crippen molar-refractivity contribution in [2.75, 3.05) is 52.9 Å². The number of carbonyl (C=O) groups excluding carboxylic acids is 1. The van der Waals surface area contributed by atoms with Crippen LogP contribution < -0.4 is 10.1 Å². The van der Waals surface area contributed by atoms with Crippen LogP contribution in [0.15, 0.2) is 24.3 Å². The number of rotatable bonds is 9. The van der Waals surface area contributed by atoms with E-state index >= 15 is 0 Å². The molecule has 2 N–H and O–H groups in total. The van der Waals surface area contributed by atoms with E-state index in [1.165, 1.54) is 0 Å². The molecule has 0 aliphatic carbocycles. The van der Waals surface area contributed by atoms with E-state index in [2.05, 4.69) is 22.2 Å². The van der Waals surface area contributed by atoms with Crippen molar-refractivity contribution in [3.05, 3.63) is 29.8 Å². The fraction of sp³-hybridized carbons (Fsp3) is 0.632. The zero-order valence-electron chi connectivity index (χ0n) is 15.6. The number of aliphatic hydroxyl groups is 1. The topological polar surface area (TPSA) is 65.0 Å². The van der Waals surface area contributed by atoms with Crippen LogP contribution in [-0.2, 0) is 0 Å². The van der Waals surface area contributed by atoms with Gasteiger partial charge in [-0.05, 0) is 31.3 Å². The fourth-order valence-corrected chi connectivity index (χ4v) is 2.66. The van der Waals surface area contributed by atoms with Crippen LogP contribution in [0, 0.1) is 0 Å². The Balaban J connectivity index is 1.76. The second kappa shape index (κ2) is 9.87. The summed E-state index contributed by atoms with van der Waals surface area (Å²) in [6.45, 7) is 9.15. The standard InChI is InChI=1S/C19H31N3O3/c1-15(2)20-12-17(23)14-25-18-6-4-16(5-7-18)19(24)13-22-10-8-21(3)9-11-22/h4-7,15,17,20,23H,8-14H2,1-3H3. The molecule has 0 spiro atoms. The molecule has 1 aliphatic rings. The molecule has 0 amide bonds. The second-order valence-corrected chi connectivity index (χ2v) is 7.05. The minimum atomic E-state index is -0.555. The molecule has 0 saturated carbocycles. The summed E-state index contributed by atoms with van der Waals surface area (Å²) < 4.78 is 5.58. The van der Waals surface area contributed by atoms with Gasteiger partial charge in [-0.15, -0.1) is 0 Å². The van der Waals surface area contributed by atoms with Crippen molar-refractivity contribution < 1.29 is 14.6 Å². The van der Waals surface area contributed by atoms with Gasteiger partial charge >= 0.3 is 0 Å². The summed E-state index contributed by atoms with van der Waals surface area (Å²) in [5, 5.41) is 13.0. The van der Waals surface area contributed by atoms with Gasteiger partial charge in [-0.2, -0.15) is 0 Å². The third-order valence-electron chi connectivity index (χ3n) is 4.34. The summed E-state index contributed by atoms with van der Waals surface area (Å²) >= 11 is 0. The van der Waals surface area contributed by atoms with Crippen LogP contribution >= 0.6 is 0 Å². The molecular weight excluding hydrogens is 318 g/mol. The number of ether oxygens (including phenoxy) is 1. The van der Waals surface area contributed by atoms with Crippen molar-refractivity contribution in [2.24, 2.45) is 0 Å². The highest BCUT2D eigenvalue weighted by molar-refractivity contribution is 5.97. The lowest BCUT2D eigenvalue weighted by Crippen LogP contribution is -2.46. The van der Waals surface area contributed by atoms with Crippen molar-refractivity contribution >= 4 is 5.78 Å². The number of piperazine rings is 1. The second-order valence-electron chi connectivity index (χ2n) is 7.05. The Morgan fingerprint density at radius 1 is 1.20 bits per heavy atom. The molecule has 1 atom stereocenters. The van der Waals surface area contributed by atoms with E-state index in [0.29, 0.717) is 30.4 Å². The summed E-state index contributed by atoms with van der Waals surface area (Å²) in [4.78, 5) is 16.9. The van der Waals surface area contributed by atoms with Crippen LogP contribution in [0.1, 0.15) is 24.2 Å². The number of aliphatic hydroxyl groups excluding tert-OH is 1. The molecule has 0 radical (unpaired) electrons. The van der Waals surface area contributed by atoms with Gasteiger partial charge in [-0.1, -0.05) is 13.8 Å². The molecule has 1 saturated heterocycles. The van der Waals surface area contributed by atoms with E-state index in [0.717, 1.165) is 26.2 Å². The Bertz CT molecular complexity index is 525. The summed E-state index contributed by atoms with van der Waals surface area (Å²) in [7, 11) is 2.10. The Morgan fingerprint density at radius 3 is 2.44 bits per heavy atom. The van der Waals surface area contributed by atoms with E-state index in [-0.39, 0.29) is 12.4 Å². The van der Waals surface area contributed by atoms with E-state index in [1.54, 1.807) is 24.3 Å². The monoisotopic (exact) mass is 349 g/mol. The fourth-order valence-electron chi connectivity index (χ4n) is 2.66. The highest BCUT2D eigenvalue weighted by atomic mass is 16.5. The molecule has 0 aromatic heterocycles. The van der Waals surface area contributed by atoms with Crippen LogP contribution in [0.2, 0.25) is 0 Å². The maximum absolute atomic E-state index is 12.4. The molecule has 1 unspecified atom stereocenters. The summed E-state index contributed by atoms with van der Waals surface area (Å²) in [5.41, 5.74) is 0.702. The van der Waals surface area contributed by atoms with Gasteiger partial charge in [0.1, 0.15) is 18.5 Å². The average Bonchev–Trinajstić information content (AvgIpc) is 2.60. The number of carbonyl (C=O) groups is 1. The van der Waals surface area contributed by atoms with Crippen LogP contribution in [-0.4, -0.2) is 85.8 Å². The molecule has 6 nitrogen and oxygen atoms in total. The predicted molar refractivity (Wildman–Crippen MR) is 99.4 cm³/mol. The maximum Gasteiger partial charge on any atom is 0.176 e. The van der Waals surface area contributed by atoms with Crippen LogP contribution in [0.3, 0.4) is 0 Å². The molecule has 25 heavy (non-hydrogen) atoms. The lowest BCUT2D eigenvalue weighted by molar-refractivity contribution is 0.0876. The van der Waals surface area contributed by atoms with Crippen molar-refractivity contribution in [3.8, 4) is 5.75 Å². The summed E-state index contributed by atoms with van der Waals surface area (Å²) in [6, 6.07) is 7.51. The minimum Gasteiger partial charge on any atom is -0.491 e. The Labute approximate surface area is 150 Å². The van der Waals surface area contributed by atoms with Gasteiger partial charge in [-0.3, -0.25) is 9.69 Å². The third kappa shape index (κ3) is 7.12. The molecule has 2 rings (SSSR count). The van der Waals surface area contributed by atoms with Crippen molar-refractivity contribution in [1.82, 2.24) is 15.1 Å². The number of nitrogens with zero attached hydrogens (tertiary/aromatic N) is 2. The predicted octanol–water partition coefficient (Wildman–Crippen LogP) is 0.854. The number of likely N-dealkylation sites (N-methyl/N-ethyl adjacent to an activating group) is 1. The zero-order chi connectivity index (χ0) is 18.2. The van der Waals surface area contributed by atoms with E-state index < -0.39 is 6.10 Å². The molecular formula is C19H31N3O3. The first-order valence-electron chi connectivity index (χ1n) is 9.02. The number of Topliss-reactive ketones (excluding diaryl/α,β-unsaturated/α-hetero) is 1. The normalized spacial score (nSPS) is 17.6. The molecule has 1 fully saturated rings. The largest absolute Gasteiger partial charge is 0.491 e. The molecule has 6 heteroatoms. The SMILES string of the molecule is CC(C)NCC(O)COc1ccc(C(=O)CN2CCN(C)CC2)cc1. The van der Waals surface area contributed by atoms with Crippen molar-refractivity contribution in [1.29, 1.82) is 0 Å². The van der Waals surface area contributed by atoms with Gasteiger partial charge in [-0.25, -0.2) is 0 Å². The lowest BCUT2D eigenvalue weighted by atomic mass is 10.1. The van der Waals surface area contributed by atoms with E-state index in [1.807, 2.05) is 13.8 Å². The van der Waals surface area contributed by atoms with Crippen molar-refractivity contribution in [2.45, 2.75) is 26.0 Å². The molecule has 1 aliphatic heterocycles. The number of nitrogens with one attached hydrogen (secondary N) is 1. The zero-order valence-corrected chi connectivity index (χ0v) is 15.6. The Hall–Kier alpha value is -1.47. The van der Waals surface area contributed by atoms with Gasteiger partial charge in [0.2, 0.25) is 0 Å². The smallest absolute Gasteiger partial charge is 0.176 e. The lowest BCUT2D eigenvalue weighted by Gasteiger charge is -2.31. The first-order valence-corrected chi connectivity index (χ1v) is 9.02. The number of hydrogen-bond acceptors (Lipinski definition) is 6. The van der Waals surface area contributed by atoms with Crippen molar-refractivity contribution in [3.63, 3.8) is 0 Å². The minimum absolute atomic E-state index is 0.136. The average molecular weight is 349 g/mol. The molecule has 1 heterocycles. The van der Waals surface area contributed by atoms with Crippen LogP contribution in [0.25, 0.3) is 0 Å². The highest BCUT2D eigenvalue weighted by Gasteiger charge is 2.17. The maximum atomic E-state index is 12.4. The Kier molecular flexibility index (Phi) is 7.84. The first kappa shape index (κ1) is 19.8. The van der Waals surface area contributed by atoms with Gasteiger partial charge in [0.25, 0.3) is 0 Å². The van der Waals surface area contributed by atoms with Gasteiger partial charge in [0.15, 0.2) is 5.78 Å². The Morgan fingerprint density at radius 2 is 1.84 bits per heavy atom. The number of benzene rings is 1. The quantitative estimate of drug-likeness (QED) is 0.645. The van der Waals surface area contributed by atoms with E-state index in [4.69, 9.17) is 4.74 Å². The van der Waals surface area contributed by atoms with Crippen LogP contribution in [0.4, 0.5) is 0 Å². The number of ketones is 1. The summed E-state index contributed by atoms with van der Waals surface area (Å²) in [5.74, 6) is 0.803. The van der Waals surface area contributed by atoms with Crippen LogP contribution in [0.5, 0.6) is 5.75 Å². The molecule has 1 aromatic rings. The number of hydrogen-bond donors (Lipinski definition) is 2. The molecule has 1 aromatic carbocycles. The van der Waals surface area contributed by atoms with Gasteiger partial charge in [0.05, 0.1) is 6.54 Å². The van der Waals surface area contributed by atoms with Gasteiger partial charge in [0, 0.05) is 44.3 Å². The molecule has 0 bridgehead atoms. The first-order chi connectivity index (χ1) is 11.9. The highest BCUT2D eigenvalue weighted by Crippen LogP contribution is 2.13. The summed E-state index contributed by atoms with van der Waals surface area (Å²) in [6.07, 6.45) is -0.555. The third-order valence-corrected chi connectivity index (χ3v) is 4.34.